The molecule has 2 N–H and O–H groups in total. The van der Waals surface area contributed by atoms with E-state index < -0.39 is 0 Å². The van der Waals surface area contributed by atoms with Crippen LogP contribution in [0.15, 0.2) is 61.1 Å². The fourth-order valence-electron chi connectivity index (χ4n) is 2.66. The van der Waals surface area contributed by atoms with E-state index in [1.165, 1.54) is 0 Å². The van der Waals surface area contributed by atoms with Gasteiger partial charge in [-0.25, -0.2) is 4.98 Å². The van der Waals surface area contributed by atoms with Gasteiger partial charge in [0.25, 0.3) is 5.91 Å². The maximum absolute atomic E-state index is 12.2. The minimum atomic E-state index is -0.221. The second kappa shape index (κ2) is 7.74. The summed E-state index contributed by atoms with van der Waals surface area (Å²) in [5, 5.41) is 6.11. The molecule has 0 fully saturated rings. The molecule has 0 radical (unpaired) electrons. The first kappa shape index (κ1) is 16.8. The highest BCUT2D eigenvalue weighted by atomic mass is 16.7. The zero-order valence-corrected chi connectivity index (χ0v) is 14.5. The van der Waals surface area contributed by atoms with Gasteiger partial charge in [0.15, 0.2) is 11.5 Å². The molecule has 0 unspecified atom stereocenters. The lowest BCUT2D eigenvalue weighted by molar-refractivity contribution is 0.0946. The molecule has 0 spiro atoms. The van der Waals surface area contributed by atoms with E-state index in [2.05, 4.69) is 20.6 Å². The second-order valence-electron chi connectivity index (χ2n) is 6.02. The summed E-state index contributed by atoms with van der Waals surface area (Å²) >= 11 is 0. The van der Waals surface area contributed by atoms with Gasteiger partial charge in [-0.2, -0.15) is 0 Å². The Morgan fingerprint density at radius 1 is 1.00 bits per heavy atom. The van der Waals surface area contributed by atoms with Crippen LogP contribution in [-0.2, 0) is 13.1 Å². The molecule has 1 amide bonds. The summed E-state index contributed by atoms with van der Waals surface area (Å²) in [5.41, 5.74) is 3.20. The molecular formula is C20H18N4O3. The molecule has 2 aromatic heterocycles. The van der Waals surface area contributed by atoms with Crippen LogP contribution in [0, 0.1) is 0 Å². The lowest BCUT2D eigenvalue weighted by atomic mass is 10.2. The highest BCUT2D eigenvalue weighted by molar-refractivity contribution is 5.92. The van der Waals surface area contributed by atoms with Gasteiger partial charge in [-0.3, -0.25) is 9.78 Å². The van der Waals surface area contributed by atoms with Crippen LogP contribution in [-0.4, -0.2) is 22.7 Å². The van der Waals surface area contributed by atoms with Crippen molar-refractivity contribution in [3.05, 3.63) is 77.9 Å². The SMILES string of the molecule is O=C(NCc1cccnc1)c1ccc(NCc2ccc3c(c2)OCO3)cn1. The normalized spacial score (nSPS) is 11.9. The maximum Gasteiger partial charge on any atom is 0.270 e. The van der Waals surface area contributed by atoms with Crippen molar-refractivity contribution in [1.29, 1.82) is 0 Å². The largest absolute Gasteiger partial charge is 0.454 e. The topological polar surface area (TPSA) is 85.4 Å². The van der Waals surface area contributed by atoms with Gasteiger partial charge in [0.05, 0.1) is 11.9 Å². The molecule has 3 aromatic rings. The number of aromatic nitrogens is 2. The third-order valence-electron chi connectivity index (χ3n) is 4.11. The average molecular weight is 362 g/mol. The molecule has 7 heteroatoms. The van der Waals surface area contributed by atoms with Gasteiger partial charge >= 0.3 is 0 Å². The van der Waals surface area contributed by atoms with E-state index in [4.69, 9.17) is 9.47 Å². The maximum atomic E-state index is 12.2. The number of amides is 1. The lowest BCUT2D eigenvalue weighted by Crippen LogP contribution is -2.23. The number of benzene rings is 1. The average Bonchev–Trinajstić information content (AvgIpc) is 3.19. The van der Waals surface area contributed by atoms with Gasteiger partial charge in [-0.05, 0) is 41.5 Å². The number of hydrogen-bond donors (Lipinski definition) is 2. The number of pyridine rings is 2. The van der Waals surface area contributed by atoms with E-state index in [0.29, 0.717) is 18.8 Å². The molecule has 1 aliphatic heterocycles. The molecule has 0 aliphatic carbocycles. The van der Waals surface area contributed by atoms with Crippen molar-refractivity contribution in [1.82, 2.24) is 15.3 Å². The number of nitrogens with zero attached hydrogens (tertiary/aromatic N) is 2. The van der Waals surface area contributed by atoms with Crippen molar-refractivity contribution in [2.45, 2.75) is 13.1 Å². The molecule has 136 valence electrons. The first-order valence-corrected chi connectivity index (χ1v) is 8.53. The number of fused-ring (bicyclic) bond motifs is 1. The molecule has 0 atom stereocenters. The fraction of sp³-hybridized carbons (Fsp3) is 0.150. The molecular weight excluding hydrogens is 344 g/mol. The van der Waals surface area contributed by atoms with E-state index in [1.54, 1.807) is 24.7 Å². The molecule has 0 bridgehead atoms. The molecule has 1 aromatic carbocycles. The molecule has 0 saturated heterocycles. The van der Waals surface area contributed by atoms with Crippen LogP contribution >= 0.6 is 0 Å². The van der Waals surface area contributed by atoms with Gasteiger partial charge in [0, 0.05) is 25.5 Å². The quantitative estimate of drug-likeness (QED) is 0.701. The third kappa shape index (κ3) is 4.14. The van der Waals surface area contributed by atoms with E-state index >= 15 is 0 Å². The van der Waals surface area contributed by atoms with E-state index in [1.807, 2.05) is 36.4 Å². The van der Waals surface area contributed by atoms with E-state index in [9.17, 15) is 4.79 Å². The Morgan fingerprint density at radius 2 is 1.93 bits per heavy atom. The van der Waals surface area contributed by atoms with Crippen LogP contribution in [0.1, 0.15) is 21.6 Å². The molecule has 3 heterocycles. The Hall–Kier alpha value is -3.61. The number of carbonyl (C=O) groups excluding carboxylic acids is 1. The number of anilines is 1. The Balaban J connectivity index is 1.31. The monoisotopic (exact) mass is 362 g/mol. The number of nitrogens with one attached hydrogen (secondary N) is 2. The summed E-state index contributed by atoms with van der Waals surface area (Å²) in [6, 6.07) is 13.1. The zero-order chi connectivity index (χ0) is 18.5. The number of hydrogen-bond acceptors (Lipinski definition) is 6. The number of rotatable bonds is 6. The minimum absolute atomic E-state index is 0.221. The summed E-state index contributed by atoms with van der Waals surface area (Å²) in [4.78, 5) is 20.4. The van der Waals surface area contributed by atoms with E-state index in [-0.39, 0.29) is 12.7 Å². The van der Waals surface area contributed by atoms with Crippen molar-refractivity contribution in [2.24, 2.45) is 0 Å². The van der Waals surface area contributed by atoms with Crippen molar-refractivity contribution in [2.75, 3.05) is 12.1 Å². The standard InChI is InChI=1S/C20H18N4O3/c25-20(24-11-15-2-1-7-21-9-15)17-5-4-16(12-23-17)22-10-14-3-6-18-19(8-14)27-13-26-18/h1-9,12,22H,10-11,13H2,(H,24,25). The van der Waals surface area contributed by atoms with Crippen molar-refractivity contribution in [3.8, 4) is 11.5 Å². The van der Waals surface area contributed by atoms with Crippen LogP contribution in [0.5, 0.6) is 11.5 Å². The second-order valence-corrected chi connectivity index (χ2v) is 6.02. The summed E-state index contributed by atoms with van der Waals surface area (Å²) in [6.07, 6.45) is 5.06. The molecule has 1 aliphatic rings. The summed E-state index contributed by atoms with van der Waals surface area (Å²) in [5.74, 6) is 1.30. The highest BCUT2D eigenvalue weighted by Gasteiger charge is 2.13. The van der Waals surface area contributed by atoms with Crippen LogP contribution in [0.3, 0.4) is 0 Å². The number of ether oxygens (including phenoxy) is 2. The predicted molar refractivity (Wildman–Crippen MR) is 99.5 cm³/mol. The predicted octanol–water partition coefficient (Wildman–Crippen LogP) is 2.75. The Bertz CT molecular complexity index is 930. The van der Waals surface area contributed by atoms with Gasteiger partial charge in [0.1, 0.15) is 5.69 Å². The molecule has 7 nitrogen and oxygen atoms in total. The first-order valence-electron chi connectivity index (χ1n) is 8.53. The van der Waals surface area contributed by atoms with Crippen LogP contribution in [0.25, 0.3) is 0 Å². The molecule has 27 heavy (non-hydrogen) atoms. The van der Waals surface area contributed by atoms with Gasteiger partial charge in [-0.1, -0.05) is 12.1 Å². The van der Waals surface area contributed by atoms with Gasteiger partial charge < -0.3 is 20.1 Å². The first-order chi connectivity index (χ1) is 13.3. The summed E-state index contributed by atoms with van der Waals surface area (Å²) in [7, 11) is 0. The van der Waals surface area contributed by atoms with Crippen LogP contribution < -0.4 is 20.1 Å². The smallest absolute Gasteiger partial charge is 0.270 e. The Kier molecular flexibility index (Phi) is 4.82. The van der Waals surface area contributed by atoms with Gasteiger partial charge in [-0.15, -0.1) is 0 Å². The zero-order valence-electron chi connectivity index (χ0n) is 14.5. The van der Waals surface area contributed by atoms with Gasteiger partial charge in [0.2, 0.25) is 6.79 Å². The molecule has 4 rings (SSSR count). The fourth-order valence-corrected chi connectivity index (χ4v) is 2.66. The van der Waals surface area contributed by atoms with Crippen LogP contribution in [0.2, 0.25) is 0 Å². The third-order valence-corrected chi connectivity index (χ3v) is 4.11. The Morgan fingerprint density at radius 3 is 2.74 bits per heavy atom. The number of carbonyl (C=O) groups is 1. The minimum Gasteiger partial charge on any atom is -0.454 e. The van der Waals surface area contributed by atoms with E-state index in [0.717, 1.165) is 28.3 Å². The lowest BCUT2D eigenvalue weighted by Gasteiger charge is -2.08. The van der Waals surface area contributed by atoms with Crippen molar-refractivity contribution >= 4 is 11.6 Å². The summed E-state index contributed by atoms with van der Waals surface area (Å²) in [6.45, 7) is 1.30. The molecule has 0 saturated carbocycles. The van der Waals surface area contributed by atoms with Crippen LogP contribution in [0.4, 0.5) is 5.69 Å². The Labute approximate surface area is 156 Å². The van der Waals surface area contributed by atoms with Crippen molar-refractivity contribution < 1.29 is 14.3 Å². The summed E-state index contributed by atoms with van der Waals surface area (Å²) < 4.78 is 10.7. The highest BCUT2D eigenvalue weighted by Crippen LogP contribution is 2.32. The van der Waals surface area contributed by atoms with Crippen molar-refractivity contribution in [3.63, 3.8) is 0 Å².